The maximum absolute atomic E-state index is 12.8. The van der Waals surface area contributed by atoms with Crippen molar-refractivity contribution in [1.29, 1.82) is 0 Å². The van der Waals surface area contributed by atoms with E-state index in [0.29, 0.717) is 23.8 Å². The number of guanidine groups is 1. The number of aliphatic carboxylic acids is 1. The van der Waals surface area contributed by atoms with Gasteiger partial charge in [0.2, 0.25) is 0 Å². The molecule has 2 aromatic carbocycles. The number of carbonyl (C=O) groups is 3. The minimum absolute atomic E-state index is 0.0344. The van der Waals surface area contributed by atoms with Gasteiger partial charge in [0.25, 0.3) is 5.91 Å². The molecule has 0 saturated carbocycles. The Balaban J connectivity index is 1.65. The quantitative estimate of drug-likeness (QED) is 0.437. The summed E-state index contributed by atoms with van der Waals surface area (Å²) in [4.78, 5) is 41.2. The van der Waals surface area contributed by atoms with Crippen LogP contribution in [0.1, 0.15) is 66.6 Å². The molecule has 0 spiro atoms. The maximum Gasteiger partial charge on any atom is 0.303 e. The van der Waals surface area contributed by atoms with Gasteiger partial charge in [-0.15, -0.1) is 0 Å². The van der Waals surface area contributed by atoms with E-state index in [1.165, 1.54) is 0 Å². The summed E-state index contributed by atoms with van der Waals surface area (Å²) in [5.74, 6) is -1.36. The number of ketones is 1. The van der Waals surface area contributed by atoms with E-state index in [0.717, 1.165) is 23.2 Å². The van der Waals surface area contributed by atoms with Crippen molar-refractivity contribution in [1.82, 2.24) is 10.6 Å². The van der Waals surface area contributed by atoms with E-state index < -0.39 is 11.9 Å². The fourth-order valence-corrected chi connectivity index (χ4v) is 3.98. The molecule has 2 aromatic rings. The summed E-state index contributed by atoms with van der Waals surface area (Å²) in [5.41, 5.74) is 3.98. The summed E-state index contributed by atoms with van der Waals surface area (Å²) in [6.45, 7) is 9.57. The number of benzene rings is 2. The molecule has 3 rings (SSSR count). The number of hydrogen-bond acceptors (Lipinski definition) is 6. The molecule has 1 atom stereocenters. The normalized spacial score (nSPS) is 14.0. The highest BCUT2D eigenvalue weighted by Crippen LogP contribution is 2.30. The van der Waals surface area contributed by atoms with E-state index in [1.807, 2.05) is 25.1 Å². The first-order valence-corrected chi connectivity index (χ1v) is 11.8. The maximum atomic E-state index is 12.8. The smallest absolute Gasteiger partial charge is 0.303 e. The number of amides is 1. The van der Waals surface area contributed by atoms with Gasteiger partial charge in [0.15, 0.2) is 11.7 Å². The van der Waals surface area contributed by atoms with Gasteiger partial charge in [0.05, 0.1) is 19.5 Å². The molecule has 35 heavy (non-hydrogen) atoms. The fourth-order valence-electron chi connectivity index (χ4n) is 3.98. The highest BCUT2D eigenvalue weighted by molar-refractivity contribution is 5.99. The van der Waals surface area contributed by atoms with Crippen LogP contribution in [0.2, 0.25) is 0 Å². The number of nitrogens with one attached hydrogen (secondary N) is 3. The number of carboxylic acid groups (broad SMARTS) is 1. The molecule has 1 aliphatic heterocycles. The van der Waals surface area contributed by atoms with E-state index in [2.05, 4.69) is 47.8 Å². The number of carboxylic acids is 1. The van der Waals surface area contributed by atoms with Crippen LogP contribution in [0.3, 0.4) is 0 Å². The lowest BCUT2D eigenvalue weighted by molar-refractivity contribution is -0.137. The van der Waals surface area contributed by atoms with Gasteiger partial charge in [-0.1, -0.05) is 50.6 Å². The number of aryl methyl sites for hydroxylation is 1. The molecule has 8 nitrogen and oxygen atoms in total. The van der Waals surface area contributed by atoms with Crippen molar-refractivity contribution < 1.29 is 19.5 Å². The minimum atomic E-state index is -0.962. The average molecular weight is 479 g/mol. The summed E-state index contributed by atoms with van der Waals surface area (Å²) in [6, 6.07) is 13.0. The second kappa shape index (κ2) is 11.2. The van der Waals surface area contributed by atoms with Gasteiger partial charge in [-0.3, -0.25) is 19.4 Å². The average Bonchev–Trinajstić information content (AvgIpc) is 3.29. The van der Waals surface area contributed by atoms with Gasteiger partial charge in [0.1, 0.15) is 0 Å². The molecule has 186 valence electrons. The van der Waals surface area contributed by atoms with Crippen molar-refractivity contribution in [3.63, 3.8) is 0 Å². The Morgan fingerprint density at radius 1 is 1.11 bits per heavy atom. The zero-order chi connectivity index (χ0) is 25.6. The zero-order valence-electron chi connectivity index (χ0n) is 20.8. The van der Waals surface area contributed by atoms with Crippen molar-refractivity contribution in [3.05, 3.63) is 64.7 Å². The molecule has 0 fully saturated rings. The topological polar surface area (TPSA) is 120 Å². The van der Waals surface area contributed by atoms with E-state index in [1.54, 1.807) is 18.2 Å². The van der Waals surface area contributed by atoms with Crippen LogP contribution >= 0.6 is 0 Å². The van der Waals surface area contributed by atoms with E-state index in [4.69, 9.17) is 0 Å². The number of hydrogen-bond donors (Lipinski definition) is 4. The largest absolute Gasteiger partial charge is 0.481 e. The van der Waals surface area contributed by atoms with Gasteiger partial charge < -0.3 is 21.1 Å². The van der Waals surface area contributed by atoms with Crippen LogP contribution in [0.15, 0.2) is 47.5 Å². The molecule has 1 heterocycles. The summed E-state index contributed by atoms with van der Waals surface area (Å²) >= 11 is 0. The number of nitrogens with zero attached hydrogens (tertiary/aromatic N) is 1. The predicted molar refractivity (Wildman–Crippen MR) is 137 cm³/mol. The van der Waals surface area contributed by atoms with Crippen LogP contribution in [0.5, 0.6) is 0 Å². The number of Topliss-reactive ketones (excluding diaryl/α,β-unsaturated/α-hetero) is 1. The number of aliphatic imine (C=N–C) groups is 1. The second-order valence-electron chi connectivity index (χ2n) is 9.97. The van der Waals surface area contributed by atoms with E-state index in [9.17, 15) is 19.5 Å². The lowest BCUT2D eigenvalue weighted by atomic mass is 9.81. The molecule has 0 unspecified atom stereocenters. The Morgan fingerprint density at radius 3 is 2.54 bits per heavy atom. The molecule has 0 aliphatic carbocycles. The lowest BCUT2D eigenvalue weighted by Crippen LogP contribution is -2.30. The number of rotatable bonds is 9. The molecule has 0 aromatic heterocycles. The molecule has 0 bridgehead atoms. The predicted octanol–water partition coefficient (Wildman–Crippen LogP) is 3.61. The van der Waals surface area contributed by atoms with Crippen LogP contribution in [-0.2, 0) is 15.0 Å². The molecule has 1 amide bonds. The Labute approximate surface area is 206 Å². The van der Waals surface area contributed by atoms with Gasteiger partial charge in [-0.2, -0.15) is 0 Å². The molecule has 8 heteroatoms. The Morgan fingerprint density at radius 2 is 1.89 bits per heavy atom. The standard InChI is InChI=1S/C27H34N4O4/c1-17-10-19(12-21(11-17)27(2,3)4)20(15-24(33)34)14-23(32)16-30-25(35)18-6-5-7-22(13-18)31-26-28-8-9-29-26/h5-7,10-13,20H,8-9,14-16H2,1-4H3,(H,30,35)(H,33,34)(H2,28,29,31)/t20-/m0/s1. The second-order valence-corrected chi connectivity index (χ2v) is 9.97. The molecular formula is C27H34N4O4. The summed E-state index contributed by atoms with van der Waals surface area (Å²) in [7, 11) is 0. The first kappa shape index (κ1) is 25.9. The van der Waals surface area contributed by atoms with Crippen molar-refractivity contribution in [2.45, 2.75) is 51.9 Å². The van der Waals surface area contributed by atoms with Crippen LogP contribution < -0.4 is 16.0 Å². The first-order valence-electron chi connectivity index (χ1n) is 11.8. The molecule has 0 saturated heterocycles. The summed E-state index contributed by atoms with van der Waals surface area (Å²) < 4.78 is 0. The van der Waals surface area contributed by atoms with Gasteiger partial charge >= 0.3 is 5.97 Å². The third-order valence-electron chi connectivity index (χ3n) is 5.84. The summed E-state index contributed by atoms with van der Waals surface area (Å²) in [5, 5.41) is 18.3. The van der Waals surface area contributed by atoms with Crippen LogP contribution in [0.25, 0.3) is 0 Å². The number of anilines is 1. The highest BCUT2D eigenvalue weighted by atomic mass is 16.4. The lowest BCUT2D eigenvalue weighted by Gasteiger charge is -2.23. The Kier molecular flexibility index (Phi) is 8.27. The van der Waals surface area contributed by atoms with Crippen molar-refractivity contribution in [2.24, 2.45) is 4.99 Å². The van der Waals surface area contributed by atoms with E-state index in [-0.39, 0.29) is 36.5 Å². The van der Waals surface area contributed by atoms with Gasteiger partial charge in [-0.05, 0) is 41.7 Å². The van der Waals surface area contributed by atoms with Gasteiger partial charge in [0, 0.05) is 30.1 Å². The van der Waals surface area contributed by atoms with E-state index >= 15 is 0 Å². The molecule has 0 radical (unpaired) electrons. The zero-order valence-corrected chi connectivity index (χ0v) is 20.8. The van der Waals surface area contributed by atoms with Crippen LogP contribution in [0.4, 0.5) is 5.69 Å². The van der Waals surface area contributed by atoms with Crippen molar-refractivity contribution in [2.75, 3.05) is 25.0 Å². The minimum Gasteiger partial charge on any atom is -0.481 e. The highest BCUT2D eigenvalue weighted by Gasteiger charge is 2.23. The van der Waals surface area contributed by atoms with Crippen LogP contribution in [-0.4, -0.2) is 48.4 Å². The van der Waals surface area contributed by atoms with Crippen molar-refractivity contribution >= 4 is 29.3 Å². The first-order chi connectivity index (χ1) is 16.5. The molecule has 4 N–H and O–H groups in total. The number of carbonyl (C=O) groups excluding carboxylic acids is 2. The molecule has 1 aliphatic rings. The Hall–Kier alpha value is -3.68. The Bertz CT molecular complexity index is 1130. The fraction of sp³-hybridized carbons (Fsp3) is 0.407. The SMILES string of the molecule is Cc1cc([C@H](CC(=O)O)CC(=O)CNC(=O)c2cccc(NC3=NCCN3)c2)cc(C(C)(C)C)c1. The molecular weight excluding hydrogens is 444 g/mol. The van der Waals surface area contributed by atoms with Crippen LogP contribution in [0, 0.1) is 6.92 Å². The monoisotopic (exact) mass is 478 g/mol. The third kappa shape index (κ3) is 7.67. The van der Waals surface area contributed by atoms with Gasteiger partial charge in [-0.25, -0.2) is 0 Å². The summed E-state index contributed by atoms with van der Waals surface area (Å²) in [6.07, 6.45) is -0.120. The third-order valence-corrected chi connectivity index (χ3v) is 5.84. The van der Waals surface area contributed by atoms with Crippen molar-refractivity contribution in [3.8, 4) is 0 Å².